The number of aromatic nitrogens is 1. The number of nitro groups is 1. The Balaban J connectivity index is 2.10. The molecule has 1 atom stereocenters. The highest BCUT2D eigenvalue weighted by Crippen LogP contribution is 2.24. The number of likely N-dealkylation sites (tertiary alicyclic amines) is 1. The topological polar surface area (TPSA) is 117 Å². The Morgan fingerprint density at radius 3 is 2.86 bits per heavy atom. The monoisotopic (exact) mass is 295 g/mol. The van der Waals surface area contributed by atoms with Crippen LogP contribution >= 0.6 is 0 Å². The van der Waals surface area contributed by atoms with Crippen molar-refractivity contribution in [3.05, 3.63) is 28.1 Å². The van der Waals surface area contributed by atoms with E-state index in [-0.39, 0.29) is 29.8 Å². The molecule has 21 heavy (non-hydrogen) atoms. The van der Waals surface area contributed by atoms with Gasteiger partial charge in [-0.3, -0.25) is 19.7 Å². The number of carbonyl (C=O) groups excluding carboxylic acids is 1. The van der Waals surface area contributed by atoms with Crippen molar-refractivity contribution < 1.29 is 19.6 Å². The molecule has 0 radical (unpaired) electrons. The number of aliphatic carboxylic acids is 1. The summed E-state index contributed by atoms with van der Waals surface area (Å²) in [5.74, 6) is -1.19. The Hall–Kier alpha value is -2.38. The van der Waals surface area contributed by atoms with E-state index in [2.05, 4.69) is 4.98 Å². The number of nitrogens with one attached hydrogen (secondary N) is 1. The summed E-state index contributed by atoms with van der Waals surface area (Å²) in [4.78, 5) is 37.4. The number of rotatable bonds is 5. The van der Waals surface area contributed by atoms with E-state index in [4.69, 9.17) is 5.11 Å². The molecule has 2 rings (SSSR count). The molecule has 8 nitrogen and oxygen atoms in total. The van der Waals surface area contributed by atoms with Gasteiger partial charge in [0.05, 0.1) is 11.1 Å². The van der Waals surface area contributed by atoms with Crippen molar-refractivity contribution in [3.63, 3.8) is 0 Å². The van der Waals surface area contributed by atoms with Crippen LogP contribution in [0.15, 0.2) is 12.3 Å². The lowest BCUT2D eigenvalue weighted by Gasteiger charge is -2.35. The van der Waals surface area contributed by atoms with Crippen LogP contribution < -0.4 is 0 Å². The molecule has 2 heterocycles. The lowest BCUT2D eigenvalue weighted by atomic mass is 9.97. The first-order valence-corrected chi connectivity index (χ1v) is 6.84. The van der Waals surface area contributed by atoms with Crippen LogP contribution in [0.3, 0.4) is 0 Å². The zero-order valence-electron chi connectivity index (χ0n) is 11.4. The largest absolute Gasteiger partial charge is 0.481 e. The van der Waals surface area contributed by atoms with Crippen molar-refractivity contribution in [2.75, 3.05) is 6.54 Å². The van der Waals surface area contributed by atoms with Gasteiger partial charge in [-0.2, -0.15) is 0 Å². The van der Waals surface area contributed by atoms with E-state index >= 15 is 0 Å². The third-order valence-electron chi connectivity index (χ3n) is 3.69. The van der Waals surface area contributed by atoms with Crippen molar-refractivity contribution in [3.8, 4) is 0 Å². The Morgan fingerprint density at radius 1 is 1.48 bits per heavy atom. The van der Waals surface area contributed by atoms with E-state index in [1.807, 2.05) is 0 Å². The van der Waals surface area contributed by atoms with Gasteiger partial charge in [0.15, 0.2) is 0 Å². The van der Waals surface area contributed by atoms with Gasteiger partial charge < -0.3 is 15.0 Å². The van der Waals surface area contributed by atoms with Crippen LogP contribution in [-0.2, 0) is 4.79 Å². The predicted octanol–water partition coefficient (Wildman–Crippen LogP) is 1.78. The Morgan fingerprint density at radius 2 is 2.24 bits per heavy atom. The molecule has 1 aliphatic rings. The van der Waals surface area contributed by atoms with Crippen LogP contribution in [0.1, 0.15) is 42.6 Å². The molecule has 1 unspecified atom stereocenters. The number of carboxylic acid groups (broad SMARTS) is 1. The first-order valence-electron chi connectivity index (χ1n) is 6.84. The predicted molar refractivity (Wildman–Crippen MR) is 73.0 cm³/mol. The summed E-state index contributed by atoms with van der Waals surface area (Å²) in [5, 5.41) is 19.4. The highest BCUT2D eigenvalue weighted by molar-refractivity contribution is 5.93. The molecular weight excluding hydrogens is 278 g/mol. The van der Waals surface area contributed by atoms with Gasteiger partial charge >= 0.3 is 5.97 Å². The molecule has 0 bridgehead atoms. The summed E-state index contributed by atoms with van der Waals surface area (Å²) >= 11 is 0. The van der Waals surface area contributed by atoms with Crippen LogP contribution in [0.25, 0.3) is 0 Å². The smallest absolute Gasteiger partial charge is 0.303 e. The summed E-state index contributed by atoms with van der Waals surface area (Å²) in [5.41, 5.74) is 0.0152. The number of carbonyl (C=O) groups is 2. The molecule has 114 valence electrons. The van der Waals surface area contributed by atoms with Gasteiger partial charge in [-0.25, -0.2) is 0 Å². The molecular formula is C13H17N3O5. The minimum absolute atomic E-state index is 0.0132. The van der Waals surface area contributed by atoms with Crippen molar-refractivity contribution in [1.82, 2.24) is 9.88 Å². The van der Waals surface area contributed by atoms with Crippen molar-refractivity contribution in [1.29, 1.82) is 0 Å². The SMILES string of the molecule is O=C(O)CCC1CCCCN1C(=O)c1cc([N+](=O)[O-])c[nH]1. The first-order chi connectivity index (χ1) is 9.99. The molecule has 8 heteroatoms. The summed E-state index contributed by atoms with van der Waals surface area (Å²) in [6.07, 6.45) is 4.19. The van der Waals surface area contributed by atoms with Gasteiger partial charge in [-0.05, 0) is 25.7 Å². The van der Waals surface area contributed by atoms with Crippen molar-refractivity contribution in [2.45, 2.75) is 38.1 Å². The lowest BCUT2D eigenvalue weighted by Crippen LogP contribution is -2.44. The Labute approximate surface area is 120 Å². The highest BCUT2D eigenvalue weighted by Gasteiger charge is 2.29. The van der Waals surface area contributed by atoms with E-state index in [0.29, 0.717) is 13.0 Å². The van der Waals surface area contributed by atoms with Crippen molar-refractivity contribution in [2.24, 2.45) is 0 Å². The normalized spacial score (nSPS) is 18.5. The maximum absolute atomic E-state index is 12.4. The van der Waals surface area contributed by atoms with Crippen LogP contribution in [0.2, 0.25) is 0 Å². The average Bonchev–Trinajstić information content (AvgIpc) is 2.94. The molecule has 0 aromatic carbocycles. The second-order valence-electron chi connectivity index (χ2n) is 5.11. The average molecular weight is 295 g/mol. The van der Waals surface area contributed by atoms with Crippen molar-refractivity contribution >= 4 is 17.6 Å². The molecule has 1 aromatic heterocycles. The van der Waals surface area contributed by atoms with E-state index in [0.717, 1.165) is 19.3 Å². The fourth-order valence-corrected chi connectivity index (χ4v) is 2.62. The van der Waals surface area contributed by atoms with E-state index in [9.17, 15) is 19.7 Å². The standard InChI is InChI=1S/C13H17N3O5/c17-12(18)5-4-9-3-1-2-6-15(9)13(19)11-7-10(8-14-11)16(20)21/h7-9,14H,1-6H2,(H,17,18). The number of H-pyrrole nitrogens is 1. The van der Waals surface area contributed by atoms with E-state index in [1.54, 1.807) is 4.90 Å². The zero-order chi connectivity index (χ0) is 15.4. The van der Waals surface area contributed by atoms with Gasteiger partial charge in [0.1, 0.15) is 5.69 Å². The van der Waals surface area contributed by atoms with Gasteiger partial charge in [0, 0.05) is 25.1 Å². The van der Waals surface area contributed by atoms with E-state index < -0.39 is 10.9 Å². The molecule has 1 saturated heterocycles. The number of aromatic amines is 1. The number of nitrogens with zero attached hydrogens (tertiary/aromatic N) is 2. The summed E-state index contributed by atoms with van der Waals surface area (Å²) in [6, 6.07) is 1.09. The Kier molecular flexibility index (Phi) is 4.56. The second-order valence-corrected chi connectivity index (χ2v) is 5.11. The minimum atomic E-state index is -0.886. The summed E-state index contributed by atoms with van der Waals surface area (Å²) in [6.45, 7) is 0.552. The van der Waals surface area contributed by atoms with Gasteiger partial charge in [-0.15, -0.1) is 0 Å². The first kappa shape index (κ1) is 15.0. The molecule has 1 fully saturated rings. The number of amides is 1. The molecule has 2 N–H and O–H groups in total. The molecule has 1 amide bonds. The molecule has 0 spiro atoms. The number of hydrogen-bond acceptors (Lipinski definition) is 4. The molecule has 0 aliphatic carbocycles. The van der Waals surface area contributed by atoms with Crippen LogP contribution in [-0.4, -0.2) is 44.4 Å². The van der Waals surface area contributed by atoms with Gasteiger partial charge in [0.25, 0.3) is 11.6 Å². The maximum Gasteiger partial charge on any atom is 0.303 e. The molecule has 0 saturated carbocycles. The third kappa shape index (κ3) is 3.59. The quantitative estimate of drug-likeness (QED) is 0.634. The highest BCUT2D eigenvalue weighted by atomic mass is 16.6. The van der Waals surface area contributed by atoms with Crippen LogP contribution in [0.4, 0.5) is 5.69 Å². The third-order valence-corrected chi connectivity index (χ3v) is 3.69. The fourth-order valence-electron chi connectivity index (χ4n) is 2.62. The lowest BCUT2D eigenvalue weighted by molar-refractivity contribution is -0.384. The maximum atomic E-state index is 12.4. The minimum Gasteiger partial charge on any atom is -0.481 e. The summed E-state index contributed by atoms with van der Waals surface area (Å²) in [7, 11) is 0. The molecule has 1 aliphatic heterocycles. The van der Waals surface area contributed by atoms with Crippen LogP contribution in [0, 0.1) is 10.1 Å². The van der Waals surface area contributed by atoms with Crippen LogP contribution in [0.5, 0.6) is 0 Å². The number of carboxylic acids is 1. The zero-order valence-corrected chi connectivity index (χ0v) is 11.4. The van der Waals surface area contributed by atoms with E-state index in [1.165, 1.54) is 12.3 Å². The molecule has 1 aromatic rings. The fraction of sp³-hybridized carbons (Fsp3) is 0.538. The van der Waals surface area contributed by atoms with Gasteiger partial charge in [0.2, 0.25) is 0 Å². The number of hydrogen-bond donors (Lipinski definition) is 2. The Bertz CT molecular complexity index is 554. The summed E-state index contributed by atoms with van der Waals surface area (Å²) < 4.78 is 0. The second kappa shape index (κ2) is 6.38. The number of piperidine rings is 1. The van der Waals surface area contributed by atoms with Gasteiger partial charge in [-0.1, -0.05) is 0 Å².